The minimum atomic E-state index is -0.0298. The number of hydrogen-bond acceptors (Lipinski definition) is 3. The summed E-state index contributed by atoms with van der Waals surface area (Å²) < 4.78 is 5.20. The molecule has 0 spiro atoms. The molecule has 160 valence electrons. The van der Waals surface area contributed by atoms with Crippen molar-refractivity contribution >= 4 is 29.4 Å². The van der Waals surface area contributed by atoms with E-state index in [-0.39, 0.29) is 5.91 Å². The van der Waals surface area contributed by atoms with Crippen molar-refractivity contribution in [1.82, 2.24) is 5.32 Å². The molecule has 0 aliphatic rings. The van der Waals surface area contributed by atoms with Crippen molar-refractivity contribution in [2.75, 3.05) is 19.0 Å². The molecule has 0 aliphatic carbocycles. The summed E-state index contributed by atoms with van der Waals surface area (Å²) in [7, 11) is 1.67. The Labute approximate surface area is 185 Å². The highest BCUT2D eigenvalue weighted by Gasteiger charge is 2.05. The molecule has 0 saturated heterocycles. The van der Waals surface area contributed by atoms with Gasteiger partial charge in [-0.1, -0.05) is 50.3 Å². The average molecular weight is 415 g/mol. The van der Waals surface area contributed by atoms with Crippen molar-refractivity contribution in [1.29, 1.82) is 0 Å². The molecule has 0 aliphatic heterocycles. The van der Waals surface area contributed by atoms with Crippen LogP contribution in [0.4, 0.5) is 11.4 Å². The van der Waals surface area contributed by atoms with Gasteiger partial charge in [0.25, 0.3) is 5.91 Å². The second-order valence-corrected chi connectivity index (χ2v) is 7.87. The van der Waals surface area contributed by atoms with Gasteiger partial charge in [-0.05, 0) is 72.0 Å². The Balaban J connectivity index is 1.60. The maximum absolute atomic E-state index is 12.2. The van der Waals surface area contributed by atoms with Crippen LogP contribution in [0.1, 0.15) is 41.8 Å². The van der Waals surface area contributed by atoms with E-state index < -0.39 is 0 Å². The summed E-state index contributed by atoms with van der Waals surface area (Å²) in [5.41, 5.74) is 4.81. The van der Waals surface area contributed by atoms with Crippen molar-refractivity contribution in [3.05, 3.63) is 89.5 Å². The van der Waals surface area contributed by atoms with E-state index in [1.165, 1.54) is 0 Å². The highest BCUT2D eigenvalue weighted by Crippen LogP contribution is 2.20. The summed E-state index contributed by atoms with van der Waals surface area (Å²) in [6, 6.07) is 23.7. The molecule has 1 amide bonds. The maximum atomic E-state index is 12.2. The summed E-state index contributed by atoms with van der Waals surface area (Å²) in [6.07, 6.45) is 5.14. The average Bonchev–Trinajstić information content (AvgIpc) is 2.78. The second kappa shape index (κ2) is 11.0. The SMILES string of the molecule is COc1ccc(C=Cc2cccc(Nc3ccc(C(=O)NCCC(C)C)cc3)c2)cc1. The summed E-state index contributed by atoms with van der Waals surface area (Å²) >= 11 is 0. The Bertz CT molecular complexity index is 1010. The quantitative estimate of drug-likeness (QED) is 0.399. The molecule has 4 nitrogen and oxygen atoms in total. The van der Waals surface area contributed by atoms with Crippen LogP contribution in [0.5, 0.6) is 5.75 Å². The van der Waals surface area contributed by atoms with Gasteiger partial charge in [0.15, 0.2) is 0 Å². The normalized spacial score (nSPS) is 11.0. The van der Waals surface area contributed by atoms with Gasteiger partial charge in [0.1, 0.15) is 5.75 Å². The molecule has 3 aromatic rings. The van der Waals surface area contributed by atoms with Gasteiger partial charge in [0, 0.05) is 23.5 Å². The van der Waals surface area contributed by atoms with Crippen molar-refractivity contribution < 1.29 is 9.53 Å². The monoisotopic (exact) mass is 414 g/mol. The maximum Gasteiger partial charge on any atom is 0.251 e. The predicted octanol–water partition coefficient (Wildman–Crippen LogP) is 6.39. The molecule has 0 aromatic heterocycles. The number of anilines is 2. The van der Waals surface area contributed by atoms with E-state index in [0.29, 0.717) is 18.0 Å². The van der Waals surface area contributed by atoms with E-state index in [2.05, 4.69) is 48.8 Å². The van der Waals surface area contributed by atoms with Gasteiger partial charge in [-0.25, -0.2) is 0 Å². The Morgan fingerprint density at radius 2 is 1.61 bits per heavy atom. The first-order chi connectivity index (χ1) is 15.0. The van der Waals surface area contributed by atoms with E-state index in [9.17, 15) is 4.79 Å². The molecule has 2 N–H and O–H groups in total. The fraction of sp³-hybridized carbons (Fsp3) is 0.222. The Hall–Kier alpha value is -3.53. The molecule has 3 rings (SSSR count). The van der Waals surface area contributed by atoms with E-state index in [1.54, 1.807) is 7.11 Å². The zero-order chi connectivity index (χ0) is 22.1. The standard InChI is InChI=1S/C27H30N2O2/c1-20(2)17-18-28-27(30)23-11-13-24(14-12-23)29-25-6-4-5-22(19-25)8-7-21-9-15-26(31-3)16-10-21/h4-16,19-20,29H,17-18H2,1-3H3,(H,28,30). The fourth-order valence-electron chi connectivity index (χ4n) is 3.08. The molecule has 0 heterocycles. The zero-order valence-corrected chi connectivity index (χ0v) is 18.4. The zero-order valence-electron chi connectivity index (χ0n) is 18.4. The number of rotatable bonds is 9. The van der Waals surface area contributed by atoms with Crippen LogP contribution < -0.4 is 15.4 Å². The van der Waals surface area contributed by atoms with E-state index in [0.717, 1.165) is 34.7 Å². The van der Waals surface area contributed by atoms with E-state index in [1.807, 2.05) is 60.7 Å². The first-order valence-electron chi connectivity index (χ1n) is 10.6. The van der Waals surface area contributed by atoms with Gasteiger partial charge in [-0.15, -0.1) is 0 Å². The third kappa shape index (κ3) is 7.03. The van der Waals surface area contributed by atoms with Gasteiger partial charge in [-0.3, -0.25) is 4.79 Å². The number of carbonyl (C=O) groups is 1. The highest BCUT2D eigenvalue weighted by atomic mass is 16.5. The lowest BCUT2D eigenvalue weighted by Gasteiger charge is -2.10. The van der Waals surface area contributed by atoms with Gasteiger partial charge in [0.2, 0.25) is 0 Å². The predicted molar refractivity (Wildman–Crippen MR) is 130 cm³/mol. The molecular weight excluding hydrogens is 384 g/mol. The first-order valence-corrected chi connectivity index (χ1v) is 10.6. The van der Waals surface area contributed by atoms with Crippen molar-refractivity contribution in [3.8, 4) is 5.75 Å². The summed E-state index contributed by atoms with van der Waals surface area (Å²) in [5.74, 6) is 1.40. The Morgan fingerprint density at radius 1 is 0.903 bits per heavy atom. The lowest BCUT2D eigenvalue weighted by atomic mass is 10.1. The van der Waals surface area contributed by atoms with Crippen LogP contribution in [0.15, 0.2) is 72.8 Å². The lowest BCUT2D eigenvalue weighted by molar-refractivity contribution is 0.0952. The summed E-state index contributed by atoms with van der Waals surface area (Å²) in [5, 5.41) is 6.37. The van der Waals surface area contributed by atoms with Crippen LogP contribution in [0.3, 0.4) is 0 Å². The van der Waals surface area contributed by atoms with Crippen LogP contribution in [0.25, 0.3) is 12.2 Å². The number of hydrogen-bond donors (Lipinski definition) is 2. The summed E-state index contributed by atoms with van der Waals surface area (Å²) in [4.78, 5) is 12.2. The van der Waals surface area contributed by atoms with Crippen LogP contribution in [0, 0.1) is 5.92 Å². The van der Waals surface area contributed by atoms with Crippen molar-refractivity contribution in [2.24, 2.45) is 5.92 Å². The van der Waals surface area contributed by atoms with Gasteiger partial charge in [-0.2, -0.15) is 0 Å². The minimum absolute atomic E-state index is 0.0298. The number of methoxy groups -OCH3 is 1. The topological polar surface area (TPSA) is 50.4 Å². The number of nitrogens with one attached hydrogen (secondary N) is 2. The van der Waals surface area contributed by atoms with E-state index in [4.69, 9.17) is 4.74 Å². The van der Waals surface area contributed by atoms with Crippen LogP contribution >= 0.6 is 0 Å². The first kappa shape index (κ1) is 22.2. The number of carbonyl (C=O) groups excluding carboxylic acids is 1. The number of benzene rings is 3. The highest BCUT2D eigenvalue weighted by molar-refractivity contribution is 5.94. The third-order valence-electron chi connectivity index (χ3n) is 4.91. The molecule has 0 unspecified atom stereocenters. The minimum Gasteiger partial charge on any atom is -0.497 e. The second-order valence-electron chi connectivity index (χ2n) is 7.87. The fourth-order valence-corrected chi connectivity index (χ4v) is 3.08. The number of amides is 1. The largest absolute Gasteiger partial charge is 0.497 e. The van der Waals surface area contributed by atoms with Gasteiger partial charge < -0.3 is 15.4 Å². The van der Waals surface area contributed by atoms with Crippen molar-refractivity contribution in [3.63, 3.8) is 0 Å². The third-order valence-corrected chi connectivity index (χ3v) is 4.91. The molecule has 0 radical (unpaired) electrons. The van der Waals surface area contributed by atoms with Crippen LogP contribution in [0.2, 0.25) is 0 Å². The van der Waals surface area contributed by atoms with Gasteiger partial charge in [0.05, 0.1) is 7.11 Å². The molecule has 0 fully saturated rings. The molecule has 0 bridgehead atoms. The van der Waals surface area contributed by atoms with Crippen LogP contribution in [-0.2, 0) is 0 Å². The van der Waals surface area contributed by atoms with Crippen LogP contribution in [-0.4, -0.2) is 19.6 Å². The summed E-state index contributed by atoms with van der Waals surface area (Å²) in [6.45, 7) is 5.00. The Kier molecular flexibility index (Phi) is 7.88. The molecule has 3 aromatic carbocycles. The number of ether oxygens (including phenoxy) is 1. The van der Waals surface area contributed by atoms with Crippen molar-refractivity contribution in [2.45, 2.75) is 20.3 Å². The smallest absolute Gasteiger partial charge is 0.251 e. The van der Waals surface area contributed by atoms with Gasteiger partial charge >= 0.3 is 0 Å². The molecular formula is C27H30N2O2. The lowest BCUT2D eigenvalue weighted by Crippen LogP contribution is -2.25. The molecule has 4 heteroatoms. The molecule has 0 saturated carbocycles. The van der Waals surface area contributed by atoms with E-state index >= 15 is 0 Å². The molecule has 0 atom stereocenters. The Morgan fingerprint density at radius 3 is 2.29 bits per heavy atom. The molecule has 31 heavy (non-hydrogen) atoms.